The van der Waals surface area contributed by atoms with Crippen LogP contribution in [0.5, 0.6) is 0 Å². The van der Waals surface area contributed by atoms with Crippen LogP contribution in [0.1, 0.15) is 316 Å². The third-order valence-electron chi connectivity index (χ3n) is 14.4. The highest BCUT2D eigenvalue weighted by atomic mass is 31.2. The monoisotopic (exact) mass is 1150 g/mol. The molecule has 0 amide bonds. The first-order valence-corrected chi connectivity index (χ1v) is 34.7. The summed E-state index contributed by atoms with van der Waals surface area (Å²) in [5, 5.41) is 9.86. The number of phosphoric acid groups is 1. The van der Waals surface area contributed by atoms with Crippen molar-refractivity contribution in [1.82, 2.24) is 0 Å². The maximum atomic E-state index is 13.0. The Bertz CT molecular complexity index is 1570. The third-order valence-corrected chi connectivity index (χ3v) is 15.4. The first-order chi connectivity index (χ1) is 39.2. The Balaban J connectivity index is 4.68. The van der Waals surface area contributed by atoms with E-state index in [9.17, 15) is 28.9 Å². The minimum Gasteiger partial charge on any atom is -0.462 e. The molecule has 466 valence electrons. The lowest BCUT2D eigenvalue weighted by molar-refractivity contribution is -0.161. The molecule has 0 aromatic carbocycles. The van der Waals surface area contributed by atoms with Gasteiger partial charge in [0.15, 0.2) is 6.10 Å². The van der Waals surface area contributed by atoms with E-state index >= 15 is 0 Å². The molecule has 0 bridgehead atoms. The fourth-order valence-electron chi connectivity index (χ4n) is 9.40. The molecule has 0 aliphatic rings. The van der Waals surface area contributed by atoms with Crippen LogP contribution in [-0.2, 0) is 42.2 Å². The molecule has 0 saturated heterocycles. The highest BCUT2D eigenvalue weighted by Gasteiger charge is 2.28. The van der Waals surface area contributed by atoms with Crippen LogP contribution in [0.2, 0.25) is 0 Å². The van der Waals surface area contributed by atoms with E-state index in [-0.39, 0.29) is 25.9 Å². The highest BCUT2D eigenvalue weighted by molar-refractivity contribution is 7.47. The normalized spacial score (nSPS) is 13.6. The molecular formula is C68H123O11P. The van der Waals surface area contributed by atoms with Crippen LogP contribution in [0.15, 0.2) is 60.8 Å². The number of phosphoric ester groups is 1. The SMILES string of the molecule is CC/C=C\C/C=C\C/C=C\CCCCCCCCCC(=O)OC(CO)COP(=O)(O)OCC(COC(=O)CCCCCCCCCCCCCCCCCCC)OC(=O)CCCCCCCCCCC/C=C\C/C=C\CCCCC. The zero-order valence-electron chi connectivity index (χ0n) is 51.8. The first kappa shape index (κ1) is 77.2. The van der Waals surface area contributed by atoms with E-state index < -0.39 is 57.8 Å². The van der Waals surface area contributed by atoms with E-state index in [0.29, 0.717) is 19.3 Å². The fraction of sp³-hybridized carbons (Fsp3) is 0.809. The van der Waals surface area contributed by atoms with Gasteiger partial charge in [-0.1, -0.05) is 274 Å². The van der Waals surface area contributed by atoms with Gasteiger partial charge in [-0.05, 0) is 83.5 Å². The lowest BCUT2D eigenvalue weighted by Crippen LogP contribution is -2.30. The molecule has 0 aromatic heterocycles. The van der Waals surface area contributed by atoms with Gasteiger partial charge in [0.25, 0.3) is 0 Å². The van der Waals surface area contributed by atoms with Crippen LogP contribution >= 0.6 is 7.82 Å². The number of carbonyl (C=O) groups excluding carboxylic acids is 3. The molecule has 3 unspecified atom stereocenters. The molecule has 0 spiro atoms. The number of rotatable bonds is 62. The van der Waals surface area contributed by atoms with E-state index in [1.54, 1.807) is 0 Å². The van der Waals surface area contributed by atoms with Crippen LogP contribution in [0.3, 0.4) is 0 Å². The zero-order chi connectivity index (χ0) is 58.3. The molecule has 0 aromatic rings. The predicted molar refractivity (Wildman–Crippen MR) is 335 cm³/mol. The van der Waals surface area contributed by atoms with Crippen molar-refractivity contribution in [3.05, 3.63) is 60.8 Å². The Morgan fingerprint density at radius 3 is 1.02 bits per heavy atom. The van der Waals surface area contributed by atoms with Gasteiger partial charge in [-0.3, -0.25) is 23.4 Å². The summed E-state index contributed by atoms with van der Waals surface area (Å²) in [5.41, 5.74) is 0. The zero-order valence-corrected chi connectivity index (χ0v) is 52.7. The van der Waals surface area contributed by atoms with E-state index in [4.69, 9.17) is 23.3 Å². The number of allylic oxidation sites excluding steroid dienone is 10. The van der Waals surface area contributed by atoms with Gasteiger partial charge in [-0.25, -0.2) is 4.57 Å². The summed E-state index contributed by atoms with van der Waals surface area (Å²) in [6.07, 6.45) is 70.2. The largest absolute Gasteiger partial charge is 0.472 e. The van der Waals surface area contributed by atoms with Crippen molar-refractivity contribution >= 4 is 25.7 Å². The molecule has 0 heterocycles. The van der Waals surface area contributed by atoms with Crippen molar-refractivity contribution in [2.24, 2.45) is 0 Å². The first-order valence-electron chi connectivity index (χ1n) is 33.2. The lowest BCUT2D eigenvalue weighted by atomic mass is 10.0. The smallest absolute Gasteiger partial charge is 0.462 e. The molecule has 80 heavy (non-hydrogen) atoms. The van der Waals surface area contributed by atoms with Gasteiger partial charge in [0, 0.05) is 19.3 Å². The van der Waals surface area contributed by atoms with Crippen LogP contribution in [0.25, 0.3) is 0 Å². The standard InChI is InChI=1S/C68H123O11P/c1-4-7-10-13-16-19-22-25-28-31-32-35-38-41-44-47-50-53-56-59-68(72)79-65(61-75-66(70)57-54-51-48-45-42-39-36-33-29-26-23-20-17-14-11-8-5-2)63-77-80(73,74)76-62-64(60-69)78-67(71)58-55-52-49-46-43-40-37-34-30-27-24-21-18-15-12-9-6-3/h9,12,16,18-19,21,25,27-28,30,64-65,69H,4-8,10-11,13-15,17,20,22-24,26,29,31-63H2,1-3H3,(H,73,74)/b12-9-,19-16-,21-18-,28-25-,30-27-. The average Bonchev–Trinajstić information content (AvgIpc) is 3.45. The summed E-state index contributed by atoms with van der Waals surface area (Å²) in [5.74, 6) is -1.46. The van der Waals surface area contributed by atoms with E-state index in [2.05, 4.69) is 81.5 Å². The van der Waals surface area contributed by atoms with E-state index in [1.165, 1.54) is 154 Å². The molecule has 11 nitrogen and oxygen atoms in total. The van der Waals surface area contributed by atoms with Crippen molar-refractivity contribution < 1.29 is 52.2 Å². The Morgan fingerprint density at radius 2 is 0.650 bits per heavy atom. The summed E-state index contributed by atoms with van der Waals surface area (Å²) in [6, 6.07) is 0. The second-order valence-electron chi connectivity index (χ2n) is 22.3. The number of hydrogen-bond acceptors (Lipinski definition) is 10. The number of aliphatic hydroxyl groups excluding tert-OH is 1. The number of unbranched alkanes of at least 4 members (excludes halogenated alkanes) is 35. The maximum absolute atomic E-state index is 13.0. The van der Waals surface area contributed by atoms with Crippen LogP contribution in [-0.4, -0.2) is 66.5 Å². The molecule has 0 aliphatic heterocycles. The summed E-state index contributed by atoms with van der Waals surface area (Å²) in [4.78, 5) is 48.8. The molecule has 12 heteroatoms. The number of carbonyl (C=O) groups is 3. The number of hydrogen-bond donors (Lipinski definition) is 2. The van der Waals surface area contributed by atoms with Crippen molar-refractivity contribution in [3.8, 4) is 0 Å². The van der Waals surface area contributed by atoms with Gasteiger partial charge in [0.1, 0.15) is 12.7 Å². The van der Waals surface area contributed by atoms with Gasteiger partial charge in [0.05, 0.1) is 19.8 Å². The minimum atomic E-state index is -4.76. The summed E-state index contributed by atoms with van der Waals surface area (Å²) in [7, 11) is -4.76. The van der Waals surface area contributed by atoms with Crippen molar-refractivity contribution in [2.75, 3.05) is 26.4 Å². The molecule has 0 saturated carbocycles. The molecule has 0 radical (unpaired) electrons. The topological polar surface area (TPSA) is 155 Å². The Labute approximate surface area is 491 Å². The molecule has 0 aliphatic carbocycles. The van der Waals surface area contributed by atoms with Crippen molar-refractivity contribution in [3.63, 3.8) is 0 Å². The molecular weight excluding hydrogens is 1020 g/mol. The maximum Gasteiger partial charge on any atom is 0.472 e. The summed E-state index contributed by atoms with van der Waals surface area (Å²) in [6.45, 7) is 4.56. The number of ether oxygens (including phenoxy) is 3. The number of aliphatic hydroxyl groups is 1. The molecule has 0 fully saturated rings. The minimum absolute atomic E-state index is 0.164. The highest BCUT2D eigenvalue weighted by Crippen LogP contribution is 2.43. The molecule has 3 atom stereocenters. The van der Waals surface area contributed by atoms with Crippen molar-refractivity contribution in [1.29, 1.82) is 0 Å². The third kappa shape index (κ3) is 59.8. The van der Waals surface area contributed by atoms with Crippen LogP contribution in [0, 0.1) is 0 Å². The lowest BCUT2D eigenvalue weighted by Gasteiger charge is -2.21. The molecule has 0 rings (SSSR count). The predicted octanol–water partition coefficient (Wildman–Crippen LogP) is 20.3. The fourth-order valence-corrected chi connectivity index (χ4v) is 10.2. The van der Waals surface area contributed by atoms with Gasteiger partial charge in [-0.2, -0.15) is 0 Å². The van der Waals surface area contributed by atoms with Gasteiger partial charge >= 0.3 is 25.7 Å². The quantitative estimate of drug-likeness (QED) is 0.0197. The number of esters is 3. The Morgan fingerprint density at radius 1 is 0.362 bits per heavy atom. The van der Waals surface area contributed by atoms with Crippen LogP contribution < -0.4 is 0 Å². The Hall–Kier alpha value is -2.82. The summed E-state index contributed by atoms with van der Waals surface area (Å²) >= 11 is 0. The van der Waals surface area contributed by atoms with Crippen LogP contribution in [0.4, 0.5) is 0 Å². The second-order valence-corrected chi connectivity index (χ2v) is 23.7. The summed E-state index contributed by atoms with van der Waals surface area (Å²) < 4.78 is 39.7. The van der Waals surface area contributed by atoms with Gasteiger partial charge in [0.2, 0.25) is 0 Å². The van der Waals surface area contributed by atoms with E-state index in [0.717, 1.165) is 103 Å². The Kier molecular flexibility index (Phi) is 60.0. The van der Waals surface area contributed by atoms with E-state index in [1.807, 2.05) is 0 Å². The van der Waals surface area contributed by atoms with Crippen molar-refractivity contribution in [2.45, 2.75) is 328 Å². The second kappa shape index (κ2) is 62.2. The van der Waals surface area contributed by atoms with Gasteiger partial charge in [-0.15, -0.1) is 0 Å². The molecule has 2 N–H and O–H groups in total. The average molecular weight is 1150 g/mol. The van der Waals surface area contributed by atoms with Gasteiger partial charge < -0.3 is 24.2 Å².